The molecule has 0 amide bonds. The summed E-state index contributed by atoms with van der Waals surface area (Å²) in [6.07, 6.45) is 21.3. The maximum atomic E-state index is 12.7. The van der Waals surface area contributed by atoms with Crippen LogP contribution in [0.4, 0.5) is 0 Å². The van der Waals surface area contributed by atoms with Crippen molar-refractivity contribution < 1.29 is 28.0 Å². The summed E-state index contributed by atoms with van der Waals surface area (Å²) in [4.78, 5) is 38.1. The molecule has 0 radical (unpaired) electrons. The second-order valence-corrected chi connectivity index (χ2v) is 13.5. The topological polar surface area (TPSA) is 78.9 Å². The Morgan fingerprint density at radius 2 is 0.675 bits per heavy atom. The lowest BCUT2D eigenvalue weighted by Gasteiger charge is -2.20. The highest BCUT2D eigenvalue weighted by atomic mass is 32.1. The Labute approximate surface area is 262 Å². The SMILES string of the molecule is CCCCCCCCC(S)C(=O)OP(OC(=O)C(S)CCCCCCCC)OC(=O)C(S)CCCCCCCC. The van der Waals surface area contributed by atoms with Gasteiger partial charge >= 0.3 is 26.5 Å². The molecule has 3 unspecified atom stereocenters. The number of hydrogen-bond donors (Lipinski definition) is 3. The van der Waals surface area contributed by atoms with Crippen LogP contribution in [0.3, 0.4) is 0 Å². The Morgan fingerprint density at radius 1 is 0.450 bits per heavy atom. The Balaban J connectivity index is 4.88. The highest BCUT2D eigenvalue weighted by Crippen LogP contribution is 2.43. The van der Waals surface area contributed by atoms with Crippen LogP contribution in [0.5, 0.6) is 0 Å². The number of thiol groups is 3. The molecule has 0 rings (SSSR count). The van der Waals surface area contributed by atoms with Gasteiger partial charge in [0.25, 0.3) is 0 Å². The molecule has 0 aliphatic carbocycles. The Bertz CT molecular complexity index is 569. The van der Waals surface area contributed by atoms with Crippen LogP contribution in [-0.2, 0) is 28.0 Å². The van der Waals surface area contributed by atoms with Crippen molar-refractivity contribution in [1.82, 2.24) is 0 Å². The first-order valence-corrected chi connectivity index (χ1v) is 18.4. The molecule has 0 bridgehead atoms. The van der Waals surface area contributed by atoms with Gasteiger partial charge in [-0.1, -0.05) is 136 Å². The predicted molar refractivity (Wildman–Crippen MR) is 177 cm³/mol. The van der Waals surface area contributed by atoms with Crippen LogP contribution in [0.25, 0.3) is 0 Å². The van der Waals surface area contributed by atoms with Crippen LogP contribution in [0.15, 0.2) is 0 Å². The minimum absolute atomic E-state index is 0.541. The van der Waals surface area contributed by atoms with Crippen molar-refractivity contribution in [2.75, 3.05) is 0 Å². The van der Waals surface area contributed by atoms with E-state index in [-0.39, 0.29) is 0 Å². The third-order valence-electron chi connectivity index (χ3n) is 6.80. The number of carbonyl (C=O) groups excluding carboxylic acids is 3. The fourth-order valence-corrected chi connectivity index (χ4v) is 6.06. The van der Waals surface area contributed by atoms with E-state index in [0.717, 1.165) is 57.8 Å². The molecule has 6 nitrogen and oxygen atoms in total. The van der Waals surface area contributed by atoms with E-state index in [0.29, 0.717) is 19.3 Å². The van der Waals surface area contributed by atoms with E-state index >= 15 is 0 Å². The van der Waals surface area contributed by atoms with E-state index in [1.165, 1.54) is 57.8 Å². The zero-order valence-electron chi connectivity index (χ0n) is 25.3. The molecule has 0 aromatic rings. The molecular formula is C30H57O6PS3. The zero-order valence-corrected chi connectivity index (χ0v) is 28.9. The third kappa shape index (κ3) is 22.5. The van der Waals surface area contributed by atoms with E-state index in [1.807, 2.05) is 0 Å². The quantitative estimate of drug-likeness (QED) is 0.0471. The lowest BCUT2D eigenvalue weighted by atomic mass is 10.1. The molecule has 0 aromatic heterocycles. The van der Waals surface area contributed by atoms with Crippen LogP contribution < -0.4 is 0 Å². The van der Waals surface area contributed by atoms with Gasteiger partial charge in [-0.25, -0.2) is 0 Å². The largest absolute Gasteiger partial charge is 0.537 e. The number of rotatable bonds is 27. The molecule has 0 saturated carbocycles. The smallest absolute Gasteiger partial charge is 0.374 e. The van der Waals surface area contributed by atoms with Crippen molar-refractivity contribution in [1.29, 1.82) is 0 Å². The molecule has 0 N–H and O–H groups in total. The summed E-state index contributed by atoms with van der Waals surface area (Å²) < 4.78 is 16.2. The van der Waals surface area contributed by atoms with Crippen LogP contribution >= 0.6 is 46.5 Å². The van der Waals surface area contributed by atoms with E-state index < -0.39 is 42.3 Å². The maximum absolute atomic E-state index is 12.7. The minimum Gasteiger partial charge on any atom is -0.374 e. The Hall–Kier alpha value is -0.110. The first kappa shape index (κ1) is 39.9. The first-order valence-electron chi connectivity index (χ1n) is 15.8. The standard InChI is InChI=1S/C30H57O6PS3/c1-4-7-10-13-16-19-22-25(38)28(31)34-37(35-29(32)26(39)23-20-17-14-11-8-5-2)36-30(33)27(40)24-21-18-15-12-9-6-3/h25-27,38-40H,4-24H2,1-3H3. The van der Waals surface area contributed by atoms with Crippen LogP contribution in [0.1, 0.15) is 156 Å². The maximum Gasteiger partial charge on any atom is 0.537 e. The van der Waals surface area contributed by atoms with Crippen LogP contribution in [-0.4, -0.2) is 33.7 Å². The number of unbranched alkanes of at least 4 members (excludes halogenated alkanes) is 15. The van der Waals surface area contributed by atoms with Crippen LogP contribution in [0.2, 0.25) is 0 Å². The zero-order chi connectivity index (χ0) is 30.0. The fourth-order valence-electron chi connectivity index (χ4n) is 4.17. The molecule has 0 saturated heterocycles. The summed E-state index contributed by atoms with van der Waals surface area (Å²) in [6, 6.07) is 0. The van der Waals surface area contributed by atoms with Crippen molar-refractivity contribution in [2.24, 2.45) is 0 Å². The van der Waals surface area contributed by atoms with Crippen LogP contribution in [0, 0.1) is 0 Å². The van der Waals surface area contributed by atoms with E-state index in [9.17, 15) is 14.4 Å². The van der Waals surface area contributed by atoms with Gasteiger partial charge in [-0.15, -0.1) is 0 Å². The van der Waals surface area contributed by atoms with Crippen molar-refractivity contribution in [3.05, 3.63) is 0 Å². The van der Waals surface area contributed by atoms with Crippen molar-refractivity contribution >= 4 is 64.4 Å². The van der Waals surface area contributed by atoms with Gasteiger partial charge in [-0.2, -0.15) is 37.9 Å². The van der Waals surface area contributed by atoms with Gasteiger partial charge in [0.05, 0.1) is 15.7 Å². The summed E-state index contributed by atoms with van der Waals surface area (Å²) in [5.74, 6) is -1.95. The summed E-state index contributed by atoms with van der Waals surface area (Å²) in [6.45, 7) is 6.52. The molecule has 0 fully saturated rings. The van der Waals surface area contributed by atoms with Gasteiger partial charge in [0.15, 0.2) is 0 Å². The van der Waals surface area contributed by atoms with E-state index in [4.69, 9.17) is 13.6 Å². The highest BCUT2D eigenvalue weighted by Gasteiger charge is 2.33. The molecule has 236 valence electrons. The monoisotopic (exact) mass is 640 g/mol. The summed E-state index contributed by atoms with van der Waals surface area (Å²) in [5, 5.41) is -2.05. The minimum atomic E-state index is -2.55. The molecular weight excluding hydrogens is 583 g/mol. The molecule has 0 aromatic carbocycles. The predicted octanol–water partition coefficient (Wildman–Crippen LogP) is 9.99. The molecule has 3 atom stereocenters. The number of hydrogen-bond acceptors (Lipinski definition) is 9. The van der Waals surface area contributed by atoms with Gasteiger partial charge in [-0.3, -0.25) is 14.4 Å². The van der Waals surface area contributed by atoms with Crippen molar-refractivity contribution in [2.45, 2.75) is 171 Å². The fraction of sp³-hybridized carbons (Fsp3) is 0.900. The number of carbonyl (C=O) groups is 3. The summed E-state index contributed by atoms with van der Waals surface area (Å²) in [5.41, 5.74) is 0. The van der Waals surface area contributed by atoms with Gasteiger partial charge in [-0.05, 0) is 19.3 Å². The van der Waals surface area contributed by atoms with E-state index in [1.54, 1.807) is 0 Å². The normalized spacial score (nSPS) is 14.2. The average Bonchev–Trinajstić information content (AvgIpc) is 2.93. The summed E-state index contributed by atoms with van der Waals surface area (Å²) >= 11 is 13.2. The first-order chi connectivity index (χ1) is 19.3. The third-order valence-corrected chi connectivity index (χ3v) is 9.20. The molecule has 0 aliphatic heterocycles. The summed E-state index contributed by atoms with van der Waals surface area (Å²) in [7, 11) is -2.55. The second-order valence-electron chi connectivity index (χ2n) is 10.7. The highest BCUT2D eigenvalue weighted by molar-refractivity contribution is 7.82. The molecule has 10 heteroatoms. The molecule has 0 aliphatic rings. The average molecular weight is 641 g/mol. The van der Waals surface area contributed by atoms with Crippen molar-refractivity contribution in [3.8, 4) is 0 Å². The second kappa shape index (κ2) is 27.7. The molecule has 0 spiro atoms. The molecule has 40 heavy (non-hydrogen) atoms. The van der Waals surface area contributed by atoms with Gasteiger partial charge in [0.2, 0.25) is 0 Å². The lowest BCUT2D eigenvalue weighted by Crippen LogP contribution is -2.23. The Kier molecular flexibility index (Phi) is 27.6. The molecule has 0 heterocycles. The van der Waals surface area contributed by atoms with Gasteiger partial charge in [0, 0.05) is 0 Å². The van der Waals surface area contributed by atoms with Gasteiger partial charge < -0.3 is 13.6 Å². The van der Waals surface area contributed by atoms with E-state index in [2.05, 4.69) is 58.7 Å². The van der Waals surface area contributed by atoms with Gasteiger partial charge in [0.1, 0.15) is 0 Å². The van der Waals surface area contributed by atoms with Crippen molar-refractivity contribution in [3.63, 3.8) is 0 Å². The lowest BCUT2D eigenvalue weighted by molar-refractivity contribution is -0.141. The Morgan fingerprint density at radius 3 is 0.925 bits per heavy atom.